The molecular formula is C14H12N4O2. The van der Waals surface area contributed by atoms with Crippen LogP contribution < -0.4 is 5.32 Å². The molecule has 20 heavy (non-hydrogen) atoms. The summed E-state index contributed by atoms with van der Waals surface area (Å²) < 4.78 is 0. The smallest absolute Gasteiger partial charge is 0.303 e. The Bertz CT molecular complexity index is 664. The van der Waals surface area contributed by atoms with Gasteiger partial charge in [-0.05, 0) is 24.3 Å². The van der Waals surface area contributed by atoms with Crippen LogP contribution in [0.5, 0.6) is 0 Å². The lowest BCUT2D eigenvalue weighted by Crippen LogP contribution is -2.03. The summed E-state index contributed by atoms with van der Waals surface area (Å²) in [5.74, 6) is 0.151. The largest absolute Gasteiger partial charge is 0.481 e. The third-order valence-electron chi connectivity index (χ3n) is 2.53. The Balaban J connectivity index is 2.11. The zero-order chi connectivity index (χ0) is 14.4. The summed E-state index contributed by atoms with van der Waals surface area (Å²) >= 11 is 0. The molecule has 0 aliphatic rings. The number of rotatable bonds is 5. The average Bonchev–Trinajstić information content (AvgIpc) is 2.46. The molecule has 1 aromatic carbocycles. The van der Waals surface area contributed by atoms with Gasteiger partial charge in [-0.3, -0.25) is 4.79 Å². The Morgan fingerprint density at radius 3 is 3.00 bits per heavy atom. The average molecular weight is 268 g/mol. The van der Waals surface area contributed by atoms with Crippen molar-refractivity contribution >= 4 is 17.5 Å². The SMILES string of the molecule is N#Cc1cccc(Nc2ccnc(CCC(=O)O)n2)c1. The first-order valence-electron chi connectivity index (χ1n) is 5.98. The summed E-state index contributed by atoms with van der Waals surface area (Å²) in [7, 11) is 0. The summed E-state index contributed by atoms with van der Waals surface area (Å²) in [5.41, 5.74) is 1.29. The number of aromatic nitrogens is 2. The number of nitriles is 1. The van der Waals surface area contributed by atoms with Gasteiger partial charge >= 0.3 is 5.97 Å². The van der Waals surface area contributed by atoms with Crippen LogP contribution in [0.4, 0.5) is 11.5 Å². The van der Waals surface area contributed by atoms with Gasteiger partial charge in [-0.15, -0.1) is 0 Å². The summed E-state index contributed by atoms with van der Waals surface area (Å²) in [4.78, 5) is 18.8. The number of aryl methyl sites for hydroxylation is 1. The Hall–Kier alpha value is -2.94. The summed E-state index contributed by atoms with van der Waals surface area (Å²) in [6, 6.07) is 10.8. The molecule has 0 radical (unpaired) electrons. The van der Waals surface area contributed by atoms with Crippen LogP contribution in [0.2, 0.25) is 0 Å². The maximum Gasteiger partial charge on any atom is 0.303 e. The van der Waals surface area contributed by atoms with E-state index in [4.69, 9.17) is 10.4 Å². The summed E-state index contributed by atoms with van der Waals surface area (Å²) in [6.07, 6.45) is 1.84. The zero-order valence-electron chi connectivity index (χ0n) is 10.6. The second-order valence-corrected chi connectivity index (χ2v) is 4.07. The van der Waals surface area contributed by atoms with Gasteiger partial charge in [0, 0.05) is 18.3 Å². The van der Waals surface area contributed by atoms with E-state index in [1.807, 2.05) is 6.07 Å². The fourth-order valence-electron chi connectivity index (χ4n) is 1.62. The van der Waals surface area contributed by atoms with Crippen LogP contribution in [0.1, 0.15) is 17.8 Å². The molecule has 0 saturated carbocycles. The number of anilines is 2. The minimum Gasteiger partial charge on any atom is -0.481 e. The van der Waals surface area contributed by atoms with Gasteiger partial charge in [0.25, 0.3) is 0 Å². The lowest BCUT2D eigenvalue weighted by Gasteiger charge is -2.06. The standard InChI is InChI=1S/C14H12N4O2/c15-9-10-2-1-3-11(8-10)17-13-6-7-16-12(18-13)4-5-14(19)20/h1-3,6-8H,4-5H2,(H,19,20)(H,16,17,18). The summed E-state index contributed by atoms with van der Waals surface area (Å²) in [6.45, 7) is 0. The highest BCUT2D eigenvalue weighted by atomic mass is 16.4. The van der Waals surface area contributed by atoms with Crippen molar-refractivity contribution in [1.29, 1.82) is 5.26 Å². The van der Waals surface area contributed by atoms with Crippen molar-refractivity contribution in [2.45, 2.75) is 12.8 Å². The lowest BCUT2D eigenvalue weighted by atomic mass is 10.2. The van der Waals surface area contributed by atoms with Crippen molar-refractivity contribution < 1.29 is 9.90 Å². The van der Waals surface area contributed by atoms with Crippen molar-refractivity contribution in [2.75, 3.05) is 5.32 Å². The van der Waals surface area contributed by atoms with Gasteiger partial charge in [0.2, 0.25) is 0 Å². The van der Waals surface area contributed by atoms with E-state index in [0.717, 1.165) is 5.69 Å². The summed E-state index contributed by atoms with van der Waals surface area (Å²) in [5, 5.41) is 20.5. The number of hydrogen-bond donors (Lipinski definition) is 2. The molecule has 0 saturated heterocycles. The van der Waals surface area contributed by atoms with Gasteiger partial charge in [0.05, 0.1) is 18.1 Å². The first-order valence-corrected chi connectivity index (χ1v) is 5.98. The van der Waals surface area contributed by atoms with Crippen molar-refractivity contribution in [3.63, 3.8) is 0 Å². The van der Waals surface area contributed by atoms with E-state index in [1.54, 1.807) is 30.5 Å². The van der Waals surface area contributed by atoms with Crippen molar-refractivity contribution in [3.8, 4) is 6.07 Å². The van der Waals surface area contributed by atoms with Crippen LogP contribution in [-0.4, -0.2) is 21.0 Å². The van der Waals surface area contributed by atoms with E-state index in [1.165, 1.54) is 0 Å². The van der Waals surface area contributed by atoms with E-state index in [2.05, 4.69) is 21.4 Å². The predicted octanol–water partition coefficient (Wildman–Crippen LogP) is 2.11. The van der Waals surface area contributed by atoms with Gasteiger partial charge < -0.3 is 10.4 Å². The quantitative estimate of drug-likeness (QED) is 0.861. The first kappa shape index (κ1) is 13.5. The number of aliphatic carboxylic acids is 1. The van der Waals surface area contributed by atoms with Crippen molar-refractivity contribution in [1.82, 2.24) is 9.97 Å². The molecule has 0 amide bonds. The monoisotopic (exact) mass is 268 g/mol. The van der Waals surface area contributed by atoms with Crippen molar-refractivity contribution in [3.05, 3.63) is 47.9 Å². The Kier molecular flexibility index (Phi) is 4.24. The van der Waals surface area contributed by atoms with Crippen LogP contribution >= 0.6 is 0 Å². The zero-order valence-corrected chi connectivity index (χ0v) is 10.6. The molecule has 0 unspecified atom stereocenters. The third-order valence-corrected chi connectivity index (χ3v) is 2.53. The fourth-order valence-corrected chi connectivity index (χ4v) is 1.62. The number of carbonyl (C=O) groups is 1. The minimum atomic E-state index is -0.881. The topological polar surface area (TPSA) is 98.9 Å². The van der Waals surface area contributed by atoms with E-state index in [9.17, 15) is 4.79 Å². The molecule has 2 rings (SSSR count). The number of benzene rings is 1. The maximum atomic E-state index is 10.5. The van der Waals surface area contributed by atoms with Gasteiger partial charge in [0.15, 0.2) is 0 Å². The molecule has 1 heterocycles. The number of hydrogen-bond acceptors (Lipinski definition) is 5. The molecular weight excluding hydrogens is 256 g/mol. The van der Waals surface area contributed by atoms with Gasteiger partial charge in [-0.25, -0.2) is 9.97 Å². The van der Waals surface area contributed by atoms with E-state index in [-0.39, 0.29) is 12.8 Å². The van der Waals surface area contributed by atoms with E-state index >= 15 is 0 Å². The second-order valence-electron chi connectivity index (χ2n) is 4.07. The molecule has 1 aromatic heterocycles. The number of nitrogens with one attached hydrogen (secondary N) is 1. The molecule has 0 aliphatic heterocycles. The number of carboxylic acids is 1. The highest BCUT2D eigenvalue weighted by Gasteiger charge is 2.03. The molecule has 0 atom stereocenters. The molecule has 2 N–H and O–H groups in total. The third kappa shape index (κ3) is 3.78. The lowest BCUT2D eigenvalue weighted by molar-refractivity contribution is -0.137. The molecule has 0 spiro atoms. The highest BCUT2D eigenvalue weighted by molar-refractivity contribution is 5.67. The molecule has 0 aliphatic carbocycles. The highest BCUT2D eigenvalue weighted by Crippen LogP contribution is 2.15. The molecule has 0 bridgehead atoms. The molecule has 2 aromatic rings. The van der Waals surface area contributed by atoms with Crippen LogP contribution in [0.15, 0.2) is 36.5 Å². The second kappa shape index (κ2) is 6.29. The Morgan fingerprint density at radius 2 is 2.25 bits per heavy atom. The Labute approximate surface area is 115 Å². The van der Waals surface area contributed by atoms with E-state index < -0.39 is 5.97 Å². The minimum absolute atomic E-state index is 0.00658. The van der Waals surface area contributed by atoms with Crippen LogP contribution in [0, 0.1) is 11.3 Å². The fraction of sp³-hybridized carbons (Fsp3) is 0.143. The molecule has 6 heteroatoms. The van der Waals surface area contributed by atoms with Gasteiger partial charge in [-0.2, -0.15) is 5.26 Å². The number of nitrogens with zero attached hydrogens (tertiary/aromatic N) is 3. The molecule has 0 fully saturated rings. The normalized spacial score (nSPS) is 9.75. The van der Waals surface area contributed by atoms with E-state index in [0.29, 0.717) is 17.2 Å². The number of carboxylic acid groups (broad SMARTS) is 1. The maximum absolute atomic E-state index is 10.5. The Morgan fingerprint density at radius 1 is 1.40 bits per heavy atom. The van der Waals surface area contributed by atoms with Crippen LogP contribution in [0.3, 0.4) is 0 Å². The van der Waals surface area contributed by atoms with Crippen LogP contribution in [-0.2, 0) is 11.2 Å². The molecule has 6 nitrogen and oxygen atoms in total. The van der Waals surface area contributed by atoms with Crippen LogP contribution in [0.25, 0.3) is 0 Å². The predicted molar refractivity (Wildman–Crippen MR) is 72.4 cm³/mol. The van der Waals surface area contributed by atoms with Gasteiger partial charge in [0.1, 0.15) is 11.6 Å². The van der Waals surface area contributed by atoms with Gasteiger partial charge in [-0.1, -0.05) is 6.07 Å². The van der Waals surface area contributed by atoms with Crippen molar-refractivity contribution in [2.24, 2.45) is 0 Å². The first-order chi connectivity index (χ1) is 9.67. The molecule has 100 valence electrons.